The van der Waals surface area contributed by atoms with Crippen LogP contribution in [0.25, 0.3) is 0 Å². The number of ether oxygens (including phenoxy) is 3. The molecular formula is C56H104O6. The van der Waals surface area contributed by atoms with Crippen LogP contribution in [0.4, 0.5) is 0 Å². The Bertz CT molecular complexity index is 1000. The lowest BCUT2D eigenvalue weighted by molar-refractivity contribution is -0.167. The van der Waals surface area contributed by atoms with Gasteiger partial charge in [0, 0.05) is 19.3 Å². The van der Waals surface area contributed by atoms with Crippen molar-refractivity contribution < 1.29 is 28.6 Å². The average molecular weight is 873 g/mol. The molecule has 364 valence electrons. The first kappa shape index (κ1) is 59.9. The standard InChI is InChI=1S/C56H104O6/c1-4-7-10-13-16-19-22-25-28-29-32-34-37-40-43-46-49-55(58)61-52-53(62-56(59)50-47-44-41-38-35-31-27-24-21-18-15-12-9-6-3)51-60-54(57)48-45-42-39-36-33-30-26-23-20-17-14-11-8-5-2/h9,12,18,21,53H,4-8,10-11,13-17,19-20,22-52H2,1-3H3/b12-9-,21-18-. The first-order chi connectivity index (χ1) is 30.5. The fourth-order valence-corrected chi connectivity index (χ4v) is 8.13. The Labute approximate surface area is 385 Å². The molecule has 0 radical (unpaired) electrons. The second kappa shape index (κ2) is 51.5. The van der Waals surface area contributed by atoms with Crippen LogP contribution >= 0.6 is 0 Å². The largest absolute Gasteiger partial charge is 0.462 e. The number of allylic oxidation sites excluding steroid dienone is 4. The summed E-state index contributed by atoms with van der Waals surface area (Å²) < 4.78 is 16.8. The molecule has 0 aromatic rings. The van der Waals surface area contributed by atoms with Gasteiger partial charge in [0.1, 0.15) is 13.2 Å². The normalized spacial score (nSPS) is 12.1. The van der Waals surface area contributed by atoms with Gasteiger partial charge in [-0.1, -0.05) is 257 Å². The van der Waals surface area contributed by atoms with Crippen molar-refractivity contribution in [3.8, 4) is 0 Å². The summed E-state index contributed by atoms with van der Waals surface area (Å²) in [6.07, 6.45) is 58.7. The molecule has 0 N–H and O–H groups in total. The molecule has 0 bridgehead atoms. The highest BCUT2D eigenvalue weighted by atomic mass is 16.6. The maximum atomic E-state index is 12.8. The third kappa shape index (κ3) is 48.9. The van der Waals surface area contributed by atoms with Crippen LogP contribution in [0.1, 0.15) is 297 Å². The molecule has 6 nitrogen and oxygen atoms in total. The number of carbonyl (C=O) groups is 3. The van der Waals surface area contributed by atoms with Crippen molar-refractivity contribution in [2.75, 3.05) is 13.2 Å². The van der Waals surface area contributed by atoms with Gasteiger partial charge in [0.15, 0.2) is 6.10 Å². The van der Waals surface area contributed by atoms with Crippen LogP contribution in [-0.4, -0.2) is 37.2 Å². The summed E-state index contributed by atoms with van der Waals surface area (Å²) in [6.45, 7) is 6.57. The van der Waals surface area contributed by atoms with Gasteiger partial charge in [-0.2, -0.15) is 0 Å². The summed E-state index contributed by atoms with van der Waals surface area (Å²) in [6, 6.07) is 0. The summed E-state index contributed by atoms with van der Waals surface area (Å²) >= 11 is 0. The summed E-state index contributed by atoms with van der Waals surface area (Å²) in [5.74, 6) is -0.859. The van der Waals surface area contributed by atoms with Crippen LogP contribution in [0.3, 0.4) is 0 Å². The molecule has 0 aliphatic heterocycles. The number of hydrogen-bond donors (Lipinski definition) is 0. The Hall–Kier alpha value is -2.11. The van der Waals surface area contributed by atoms with E-state index in [2.05, 4.69) is 45.1 Å². The van der Waals surface area contributed by atoms with E-state index < -0.39 is 6.10 Å². The predicted octanol–water partition coefficient (Wildman–Crippen LogP) is 17.9. The smallest absolute Gasteiger partial charge is 0.306 e. The quantitative estimate of drug-likeness (QED) is 0.0262. The Morgan fingerprint density at radius 3 is 0.968 bits per heavy atom. The molecular weight excluding hydrogens is 769 g/mol. The van der Waals surface area contributed by atoms with E-state index in [0.29, 0.717) is 19.3 Å². The van der Waals surface area contributed by atoms with Gasteiger partial charge in [0.25, 0.3) is 0 Å². The second-order valence-electron chi connectivity index (χ2n) is 18.5. The highest BCUT2D eigenvalue weighted by Gasteiger charge is 2.19. The van der Waals surface area contributed by atoms with Crippen LogP contribution in [0, 0.1) is 0 Å². The van der Waals surface area contributed by atoms with Gasteiger partial charge < -0.3 is 14.2 Å². The number of hydrogen-bond acceptors (Lipinski definition) is 6. The van der Waals surface area contributed by atoms with Gasteiger partial charge in [-0.05, 0) is 44.9 Å². The van der Waals surface area contributed by atoms with Gasteiger partial charge >= 0.3 is 17.9 Å². The SMILES string of the molecule is CC/C=C\C/C=C\CCCCCCCCCC(=O)OC(COC(=O)CCCCCCCCCCCCCCCC)COC(=O)CCCCCCCCCCCCCCCCCC. The van der Waals surface area contributed by atoms with E-state index in [9.17, 15) is 14.4 Å². The van der Waals surface area contributed by atoms with Gasteiger partial charge in [0.05, 0.1) is 0 Å². The molecule has 0 rings (SSSR count). The molecule has 0 heterocycles. The summed E-state index contributed by atoms with van der Waals surface area (Å²) in [5.41, 5.74) is 0. The van der Waals surface area contributed by atoms with Crippen molar-refractivity contribution >= 4 is 17.9 Å². The van der Waals surface area contributed by atoms with Crippen molar-refractivity contribution in [2.24, 2.45) is 0 Å². The van der Waals surface area contributed by atoms with Crippen molar-refractivity contribution in [3.05, 3.63) is 24.3 Å². The molecule has 0 aliphatic rings. The van der Waals surface area contributed by atoms with Crippen LogP contribution in [-0.2, 0) is 28.6 Å². The summed E-state index contributed by atoms with van der Waals surface area (Å²) in [7, 11) is 0. The monoisotopic (exact) mass is 873 g/mol. The van der Waals surface area contributed by atoms with Crippen molar-refractivity contribution in [1.29, 1.82) is 0 Å². The van der Waals surface area contributed by atoms with Crippen LogP contribution in [0.5, 0.6) is 0 Å². The summed E-state index contributed by atoms with van der Waals surface area (Å²) in [5, 5.41) is 0. The number of rotatable bonds is 50. The lowest BCUT2D eigenvalue weighted by Gasteiger charge is -2.18. The first-order valence-electron chi connectivity index (χ1n) is 27.3. The first-order valence-corrected chi connectivity index (χ1v) is 27.3. The Balaban J connectivity index is 4.32. The lowest BCUT2D eigenvalue weighted by Crippen LogP contribution is -2.30. The van der Waals surface area contributed by atoms with E-state index in [0.717, 1.165) is 77.0 Å². The predicted molar refractivity (Wildman–Crippen MR) is 266 cm³/mol. The molecule has 0 aromatic carbocycles. The number of carbonyl (C=O) groups excluding carboxylic acids is 3. The minimum Gasteiger partial charge on any atom is -0.462 e. The minimum atomic E-state index is -0.769. The fourth-order valence-electron chi connectivity index (χ4n) is 8.13. The molecule has 0 aliphatic carbocycles. The maximum absolute atomic E-state index is 12.8. The third-order valence-corrected chi connectivity index (χ3v) is 12.2. The molecule has 0 fully saturated rings. The topological polar surface area (TPSA) is 78.9 Å². The zero-order valence-electron chi connectivity index (χ0n) is 41.7. The fraction of sp³-hybridized carbons (Fsp3) is 0.875. The zero-order valence-corrected chi connectivity index (χ0v) is 41.7. The van der Waals surface area contributed by atoms with Gasteiger partial charge in [-0.25, -0.2) is 0 Å². The van der Waals surface area contributed by atoms with Gasteiger partial charge in [-0.15, -0.1) is 0 Å². The van der Waals surface area contributed by atoms with E-state index in [-0.39, 0.29) is 31.1 Å². The highest BCUT2D eigenvalue weighted by molar-refractivity contribution is 5.71. The van der Waals surface area contributed by atoms with Crippen LogP contribution < -0.4 is 0 Å². The molecule has 0 amide bonds. The van der Waals surface area contributed by atoms with Crippen LogP contribution in [0.15, 0.2) is 24.3 Å². The molecule has 0 saturated heterocycles. The molecule has 1 unspecified atom stereocenters. The molecule has 6 heteroatoms. The summed E-state index contributed by atoms with van der Waals surface area (Å²) in [4.78, 5) is 38.0. The molecule has 0 saturated carbocycles. The molecule has 62 heavy (non-hydrogen) atoms. The van der Waals surface area contributed by atoms with Crippen LogP contribution in [0.2, 0.25) is 0 Å². The average Bonchev–Trinajstić information content (AvgIpc) is 3.27. The van der Waals surface area contributed by atoms with E-state index in [1.165, 1.54) is 180 Å². The van der Waals surface area contributed by atoms with E-state index in [4.69, 9.17) is 14.2 Å². The third-order valence-electron chi connectivity index (χ3n) is 12.2. The Morgan fingerprint density at radius 1 is 0.339 bits per heavy atom. The number of unbranched alkanes of at least 4 members (excludes halogenated alkanes) is 35. The van der Waals surface area contributed by atoms with Crippen molar-refractivity contribution in [2.45, 2.75) is 303 Å². The van der Waals surface area contributed by atoms with E-state index >= 15 is 0 Å². The van der Waals surface area contributed by atoms with E-state index in [1.807, 2.05) is 0 Å². The van der Waals surface area contributed by atoms with Crippen molar-refractivity contribution in [3.63, 3.8) is 0 Å². The van der Waals surface area contributed by atoms with Crippen molar-refractivity contribution in [1.82, 2.24) is 0 Å². The lowest BCUT2D eigenvalue weighted by atomic mass is 10.0. The number of esters is 3. The van der Waals surface area contributed by atoms with Gasteiger partial charge in [-0.3, -0.25) is 14.4 Å². The minimum absolute atomic E-state index is 0.0692. The Kier molecular flexibility index (Phi) is 49.8. The van der Waals surface area contributed by atoms with Gasteiger partial charge in [0.2, 0.25) is 0 Å². The maximum Gasteiger partial charge on any atom is 0.306 e. The molecule has 0 aromatic heterocycles. The zero-order chi connectivity index (χ0) is 45.1. The second-order valence-corrected chi connectivity index (χ2v) is 18.5. The Morgan fingerprint density at radius 2 is 0.629 bits per heavy atom. The highest BCUT2D eigenvalue weighted by Crippen LogP contribution is 2.17. The molecule has 0 spiro atoms. The van der Waals surface area contributed by atoms with E-state index in [1.54, 1.807) is 0 Å². The molecule has 1 atom stereocenters.